The van der Waals surface area contributed by atoms with E-state index < -0.39 is 4.92 Å². The minimum atomic E-state index is -0.492. The van der Waals surface area contributed by atoms with E-state index in [1.807, 2.05) is 0 Å². The van der Waals surface area contributed by atoms with Crippen molar-refractivity contribution in [2.45, 2.75) is 34.1 Å². The monoisotopic (exact) mass is 253 g/mol. The second kappa shape index (κ2) is 5.16. The highest BCUT2D eigenvalue weighted by atomic mass is 16.6. The van der Waals surface area contributed by atoms with Crippen LogP contribution in [0.4, 0.5) is 17.5 Å². The number of nitro groups is 1. The van der Waals surface area contributed by atoms with Gasteiger partial charge in [-0.05, 0) is 18.8 Å². The number of hydrogen-bond donors (Lipinski definition) is 2. The zero-order valence-electron chi connectivity index (χ0n) is 11.1. The molecule has 0 unspecified atom stereocenters. The number of aryl methyl sites for hydroxylation is 1. The number of nitrogens with two attached hydrogens (primary N) is 1. The van der Waals surface area contributed by atoms with Crippen LogP contribution in [-0.4, -0.2) is 21.4 Å². The van der Waals surface area contributed by atoms with E-state index in [-0.39, 0.29) is 28.6 Å². The van der Waals surface area contributed by atoms with Crippen molar-refractivity contribution in [1.29, 1.82) is 0 Å². The molecule has 0 aliphatic rings. The molecule has 0 spiro atoms. The first-order valence-electron chi connectivity index (χ1n) is 5.73. The van der Waals surface area contributed by atoms with Gasteiger partial charge in [-0.1, -0.05) is 20.8 Å². The van der Waals surface area contributed by atoms with Crippen molar-refractivity contribution in [2.75, 3.05) is 17.6 Å². The third kappa shape index (κ3) is 3.83. The summed E-state index contributed by atoms with van der Waals surface area (Å²) in [4.78, 5) is 18.2. The maximum absolute atomic E-state index is 11.0. The molecule has 0 saturated carbocycles. The Hall–Kier alpha value is -1.92. The molecule has 18 heavy (non-hydrogen) atoms. The fourth-order valence-electron chi connectivity index (χ4n) is 1.49. The molecule has 7 nitrogen and oxygen atoms in total. The summed E-state index contributed by atoms with van der Waals surface area (Å²) in [5.41, 5.74) is 5.81. The van der Waals surface area contributed by atoms with Gasteiger partial charge in [-0.2, -0.15) is 4.98 Å². The molecule has 3 N–H and O–H groups in total. The number of nitrogens with one attached hydrogen (secondary N) is 1. The molecule has 0 fully saturated rings. The molecular weight excluding hydrogens is 234 g/mol. The van der Waals surface area contributed by atoms with E-state index >= 15 is 0 Å². The summed E-state index contributed by atoms with van der Waals surface area (Å²) in [6.45, 7) is 8.44. The van der Waals surface area contributed by atoms with Crippen LogP contribution < -0.4 is 11.1 Å². The van der Waals surface area contributed by atoms with Gasteiger partial charge in [0.05, 0.1) is 4.92 Å². The number of aromatic nitrogens is 2. The highest BCUT2D eigenvalue weighted by molar-refractivity contribution is 5.60. The van der Waals surface area contributed by atoms with Gasteiger partial charge in [-0.3, -0.25) is 10.1 Å². The zero-order valence-corrected chi connectivity index (χ0v) is 11.1. The summed E-state index contributed by atoms with van der Waals surface area (Å²) in [6, 6.07) is 0. The summed E-state index contributed by atoms with van der Waals surface area (Å²) >= 11 is 0. The number of anilines is 2. The van der Waals surface area contributed by atoms with Gasteiger partial charge in [0, 0.05) is 6.54 Å². The van der Waals surface area contributed by atoms with Gasteiger partial charge in [0.2, 0.25) is 11.8 Å². The fourth-order valence-corrected chi connectivity index (χ4v) is 1.49. The van der Waals surface area contributed by atoms with Gasteiger partial charge in [-0.15, -0.1) is 0 Å². The number of hydrogen-bond acceptors (Lipinski definition) is 6. The molecule has 1 aromatic heterocycles. The Morgan fingerprint density at radius 3 is 2.50 bits per heavy atom. The average Bonchev–Trinajstić information content (AvgIpc) is 2.13. The lowest BCUT2D eigenvalue weighted by atomic mass is 9.92. The van der Waals surface area contributed by atoms with Crippen molar-refractivity contribution in [2.24, 2.45) is 5.41 Å². The smallest absolute Gasteiger partial charge is 0.332 e. The summed E-state index contributed by atoms with van der Waals surface area (Å²) < 4.78 is 0. The van der Waals surface area contributed by atoms with Crippen molar-refractivity contribution in [1.82, 2.24) is 9.97 Å². The molecule has 0 aliphatic carbocycles. The lowest BCUT2D eigenvalue weighted by molar-refractivity contribution is -0.385. The third-order valence-electron chi connectivity index (χ3n) is 2.43. The molecule has 0 bridgehead atoms. The normalized spacial score (nSPS) is 11.3. The first-order chi connectivity index (χ1) is 8.20. The van der Waals surface area contributed by atoms with E-state index in [9.17, 15) is 10.1 Å². The number of nitrogens with zero attached hydrogens (tertiary/aromatic N) is 3. The summed E-state index contributed by atoms with van der Waals surface area (Å²) in [7, 11) is 0. The second-order valence-electron chi connectivity index (χ2n) is 5.36. The van der Waals surface area contributed by atoms with E-state index in [1.54, 1.807) is 6.92 Å². The van der Waals surface area contributed by atoms with E-state index in [2.05, 4.69) is 36.1 Å². The van der Waals surface area contributed by atoms with Gasteiger partial charge >= 0.3 is 5.69 Å². The van der Waals surface area contributed by atoms with Gasteiger partial charge in [-0.25, -0.2) is 4.98 Å². The van der Waals surface area contributed by atoms with Crippen molar-refractivity contribution >= 4 is 17.5 Å². The summed E-state index contributed by atoms with van der Waals surface area (Å²) in [5.74, 6) is 0.227. The van der Waals surface area contributed by atoms with E-state index in [0.29, 0.717) is 6.54 Å². The Morgan fingerprint density at radius 1 is 1.39 bits per heavy atom. The standard InChI is InChI=1S/C11H19N5O2/c1-7-8(16(17)18)9(15-10(12)14-7)13-6-5-11(2,3)4/h5-6H2,1-4H3,(H3,12,13,14,15). The van der Waals surface area contributed by atoms with Crippen LogP contribution in [0, 0.1) is 22.5 Å². The minimum Gasteiger partial charge on any atom is -0.368 e. The van der Waals surface area contributed by atoms with E-state index in [1.165, 1.54) is 0 Å². The molecule has 0 aromatic carbocycles. The molecule has 0 atom stereocenters. The van der Waals surface area contributed by atoms with Crippen LogP contribution in [0.2, 0.25) is 0 Å². The Labute approximate surface area is 106 Å². The molecule has 7 heteroatoms. The average molecular weight is 253 g/mol. The number of nitrogen functional groups attached to an aromatic ring is 1. The van der Waals surface area contributed by atoms with E-state index in [0.717, 1.165) is 6.42 Å². The Morgan fingerprint density at radius 2 is 2.00 bits per heavy atom. The molecule has 0 aliphatic heterocycles. The second-order valence-corrected chi connectivity index (χ2v) is 5.36. The quantitative estimate of drug-likeness (QED) is 0.628. The zero-order chi connectivity index (χ0) is 13.9. The predicted molar refractivity (Wildman–Crippen MR) is 70.4 cm³/mol. The van der Waals surface area contributed by atoms with E-state index in [4.69, 9.17) is 5.73 Å². The third-order valence-corrected chi connectivity index (χ3v) is 2.43. The van der Waals surface area contributed by atoms with Crippen molar-refractivity contribution in [3.05, 3.63) is 15.8 Å². The first-order valence-corrected chi connectivity index (χ1v) is 5.73. The Balaban J connectivity index is 2.90. The predicted octanol–water partition coefficient (Wildman–Crippen LogP) is 2.12. The molecule has 1 aromatic rings. The van der Waals surface area contributed by atoms with Gasteiger partial charge in [0.15, 0.2) is 0 Å². The van der Waals surface area contributed by atoms with Crippen LogP contribution in [0.1, 0.15) is 32.9 Å². The van der Waals surface area contributed by atoms with Crippen LogP contribution >= 0.6 is 0 Å². The summed E-state index contributed by atoms with van der Waals surface area (Å²) in [6.07, 6.45) is 0.868. The number of rotatable bonds is 4. The topological polar surface area (TPSA) is 107 Å². The van der Waals surface area contributed by atoms with Crippen molar-refractivity contribution in [3.63, 3.8) is 0 Å². The van der Waals surface area contributed by atoms with Crippen molar-refractivity contribution in [3.8, 4) is 0 Å². The minimum absolute atomic E-state index is 0.0383. The van der Waals surface area contributed by atoms with Crippen LogP contribution in [0.25, 0.3) is 0 Å². The van der Waals surface area contributed by atoms with Crippen LogP contribution in [0.3, 0.4) is 0 Å². The lowest BCUT2D eigenvalue weighted by Gasteiger charge is -2.18. The van der Waals surface area contributed by atoms with Crippen LogP contribution in [0.15, 0.2) is 0 Å². The molecule has 0 radical (unpaired) electrons. The van der Waals surface area contributed by atoms with Crippen LogP contribution in [0.5, 0.6) is 0 Å². The van der Waals surface area contributed by atoms with Gasteiger partial charge in [0.1, 0.15) is 5.69 Å². The largest absolute Gasteiger partial charge is 0.368 e. The fraction of sp³-hybridized carbons (Fsp3) is 0.636. The highest BCUT2D eigenvalue weighted by Crippen LogP contribution is 2.26. The molecule has 0 amide bonds. The highest BCUT2D eigenvalue weighted by Gasteiger charge is 2.21. The Bertz CT molecular complexity index is 453. The van der Waals surface area contributed by atoms with Gasteiger partial charge in [0.25, 0.3) is 0 Å². The maximum atomic E-state index is 11.0. The Kier molecular flexibility index (Phi) is 4.05. The molecule has 100 valence electrons. The maximum Gasteiger partial charge on any atom is 0.332 e. The molecule has 1 heterocycles. The van der Waals surface area contributed by atoms with Crippen molar-refractivity contribution < 1.29 is 4.92 Å². The molecular formula is C11H19N5O2. The molecule has 0 saturated heterocycles. The summed E-state index contributed by atoms with van der Waals surface area (Å²) in [5, 5.41) is 13.9. The SMILES string of the molecule is Cc1nc(N)nc(NCCC(C)(C)C)c1[N+](=O)[O-]. The lowest BCUT2D eigenvalue weighted by Crippen LogP contribution is -2.15. The van der Waals surface area contributed by atoms with Gasteiger partial charge < -0.3 is 11.1 Å². The molecule has 1 rings (SSSR count). The first kappa shape index (κ1) is 14.1. The van der Waals surface area contributed by atoms with Crippen LogP contribution in [-0.2, 0) is 0 Å².